The highest BCUT2D eigenvalue weighted by Gasteiger charge is 2.10. The number of halogens is 3. The van der Waals surface area contributed by atoms with Gasteiger partial charge in [0.1, 0.15) is 11.3 Å². The highest BCUT2D eigenvalue weighted by Crippen LogP contribution is 2.23. The lowest BCUT2D eigenvalue weighted by atomic mass is 10.2. The SMILES string of the molecule is Fc1ccc(-c2nc3c(F)cccc3[nH]2)cc1F. The molecule has 0 saturated carbocycles. The second kappa shape index (κ2) is 3.87. The van der Waals surface area contributed by atoms with Crippen LogP contribution < -0.4 is 0 Å². The maximum Gasteiger partial charge on any atom is 0.159 e. The van der Waals surface area contributed by atoms with Gasteiger partial charge in [0.2, 0.25) is 0 Å². The summed E-state index contributed by atoms with van der Waals surface area (Å²) in [7, 11) is 0. The first-order valence-corrected chi connectivity index (χ1v) is 5.25. The van der Waals surface area contributed by atoms with Crippen LogP contribution in [0.1, 0.15) is 0 Å². The molecule has 1 aromatic heterocycles. The average Bonchev–Trinajstić information content (AvgIpc) is 2.78. The van der Waals surface area contributed by atoms with Crippen molar-refractivity contribution in [2.45, 2.75) is 0 Å². The van der Waals surface area contributed by atoms with E-state index >= 15 is 0 Å². The molecule has 0 saturated heterocycles. The molecule has 0 aliphatic rings. The molecule has 1 heterocycles. The van der Waals surface area contributed by atoms with Gasteiger partial charge in [0.05, 0.1) is 5.52 Å². The van der Waals surface area contributed by atoms with Crippen LogP contribution in [0.5, 0.6) is 0 Å². The van der Waals surface area contributed by atoms with Gasteiger partial charge in [0.15, 0.2) is 17.5 Å². The van der Waals surface area contributed by atoms with Crippen molar-refractivity contribution in [2.24, 2.45) is 0 Å². The third-order valence-electron chi connectivity index (χ3n) is 2.66. The Morgan fingerprint density at radius 1 is 0.889 bits per heavy atom. The van der Waals surface area contributed by atoms with E-state index in [4.69, 9.17) is 0 Å². The van der Waals surface area contributed by atoms with Crippen LogP contribution in [-0.2, 0) is 0 Å². The van der Waals surface area contributed by atoms with Crippen molar-refractivity contribution in [1.82, 2.24) is 9.97 Å². The lowest BCUT2D eigenvalue weighted by Crippen LogP contribution is -1.86. The van der Waals surface area contributed by atoms with Gasteiger partial charge in [-0.05, 0) is 30.3 Å². The summed E-state index contributed by atoms with van der Waals surface area (Å²) < 4.78 is 39.4. The zero-order valence-corrected chi connectivity index (χ0v) is 9.05. The Labute approximate surface area is 100 Å². The van der Waals surface area contributed by atoms with Crippen LogP contribution >= 0.6 is 0 Å². The smallest absolute Gasteiger partial charge is 0.159 e. The van der Waals surface area contributed by atoms with Crippen LogP contribution in [0.25, 0.3) is 22.4 Å². The van der Waals surface area contributed by atoms with E-state index in [1.54, 1.807) is 12.1 Å². The zero-order valence-electron chi connectivity index (χ0n) is 9.05. The molecule has 18 heavy (non-hydrogen) atoms. The molecule has 5 heteroatoms. The van der Waals surface area contributed by atoms with Gasteiger partial charge in [-0.2, -0.15) is 0 Å². The van der Waals surface area contributed by atoms with Crippen LogP contribution in [0.3, 0.4) is 0 Å². The van der Waals surface area contributed by atoms with Crippen molar-refractivity contribution in [3.8, 4) is 11.4 Å². The minimum atomic E-state index is -0.964. The molecule has 0 bridgehead atoms. The molecular weight excluding hydrogens is 241 g/mol. The highest BCUT2D eigenvalue weighted by atomic mass is 19.2. The van der Waals surface area contributed by atoms with Gasteiger partial charge in [-0.25, -0.2) is 18.2 Å². The monoisotopic (exact) mass is 248 g/mol. The average molecular weight is 248 g/mol. The zero-order chi connectivity index (χ0) is 12.7. The number of aromatic nitrogens is 2. The Morgan fingerprint density at radius 2 is 1.72 bits per heavy atom. The second-order valence-electron chi connectivity index (χ2n) is 3.85. The van der Waals surface area contributed by atoms with Crippen LogP contribution in [0.15, 0.2) is 36.4 Å². The summed E-state index contributed by atoms with van der Waals surface area (Å²) in [6.07, 6.45) is 0. The molecule has 0 spiro atoms. The summed E-state index contributed by atoms with van der Waals surface area (Å²) in [5, 5.41) is 0. The first-order valence-electron chi connectivity index (χ1n) is 5.25. The third kappa shape index (κ3) is 1.64. The predicted octanol–water partition coefficient (Wildman–Crippen LogP) is 3.65. The topological polar surface area (TPSA) is 28.7 Å². The van der Waals surface area contributed by atoms with E-state index in [1.165, 1.54) is 12.1 Å². The van der Waals surface area contributed by atoms with Crippen LogP contribution in [0, 0.1) is 17.5 Å². The standard InChI is InChI=1S/C13H7F3N2/c14-8-5-4-7(6-10(8)16)13-17-11-3-1-2-9(15)12(11)18-13/h1-6H,(H,17,18). The molecular formula is C13H7F3N2. The number of fused-ring (bicyclic) bond motifs is 1. The first kappa shape index (κ1) is 10.8. The molecule has 2 nitrogen and oxygen atoms in total. The third-order valence-corrected chi connectivity index (χ3v) is 2.66. The molecule has 3 rings (SSSR count). The van der Waals surface area contributed by atoms with E-state index in [1.807, 2.05) is 0 Å². The molecule has 0 amide bonds. The number of nitrogens with one attached hydrogen (secondary N) is 1. The Balaban J connectivity index is 2.19. The first-order chi connectivity index (χ1) is 8.65. The normalized spacial score (nSPS) is 11.1. The molecule has 3 aromatic rings. The molecule has 0 unspecified atom stereocenters. The van der Waals surface area contributed by atoms with Gasteiger partial charge in [0, 0.05) is 5.56 Å². The van der Waals surface area contributed by atoms with Gasteiger partial charge in [-0.15, -0.1) is 0 Å². The fraction of sp³-hybridized carbons (Fsp3) is 0. The van der Waals surface area contributed by atoms with Crippen LogP contribution in [-0.4, -0.2) is 9.97 Å². The lowest BCUT2D eigenvalue weighted by molar-refractivity contribution is 0.509. The fourth-order valence-corrected chi connectivity index (χ4v) is 1.78. The quantitative estimate of drug-likeness (QED) is 0.699. The van der Waals surface area contributed by atoms with Crippen molar-refractivity contribution in [2.75, 3.05) is 0 Å². The van der Waals surface area contributed by atoms with E-state index in [-0.39, 0.29) is 5.52 Å². The molecule has 0 fully saturated rings. The minimum absolute atomic E-state index is 0.178. The number of imidazole rings is 1. The summed E-state index contributed by atoms with van der Waals surface area (Å²) in [5.74, 6) is -2.05. The number of nitrogens with zero attached hydrogens (tertiary/aromatic N) is 1. The molecule has 1 N–H and O–H groups in total. The molecule has 0 atom stereocenters. The maximum absolute atomic E-state index is 13.4. The van der Waals surface area contributed by atoms with Crippen LogP contribution in [0.4, 0.5) is 13.2 Å². The summed E-state index contributed by atoms with van der Waals surface area (Å²) in [6.45, 7) is 0. The number of hydrogen-bond acceptors (Lipinski definition) is 1. The molecule has 90 valence electrons. The van der Waals surface area contributed by atoms with Gasteiger partial charge in [-0.1, -0.05) is 6.07 Å². The molecule has 2 aromatic carbocycles. The van der Waals surface area contributed by atoms with E-state index in [0.717, 1.165) is 12.1 Å². The van der Waals surface area contributed by atoms with Crippen molar-refractivity contribution >= 4 is 11.0 Å². The second-order valence-corrected chi connectivity index (χ2v) is 3.85. The van der Waals surface area contributed by atoms with Crippen molar-refractivity contribution in [1.29, 1.82) is 0 Å². The van der Waals surface area contributed by atoms with Gasteiger partial charge < -0.3 is 4.98 Å². The molecule has 0 aliphatic heterocycles. The fourth-order valence-electron chi connectivity index (χ4n) is 1.78. The number of rotatable bonds is 1. The number of benzene rings is 2. The Bertz CT molecular complexity index is 734. The lowest BCUT2D eigenvalue weighted by Gasteiger charge is -1.97. The number of hydrogen-bond donors (Lipinski definition) is 1. The largest absolute Gasteiger partial charge is 0.338 e. The summed E-state index contributed by atoms with van der Waals surface area (Å²) in [5.41, 5.74) is 1.05. The summed E-state index contributed by atoms with van der Waals surface area (Å²) in [4.78, 5) is 6.89. The van der Waals surface area contributed by atoms with Gasteiger partial charge >= 0.3 is 0 Å². The Kier molecular flexibility index (Phi) is 2.33. The van der Waals surface area contributed by atoms with Crippen molar-refractivity contribution in [3.05, 3.63) is 53.8 Å². The van der Waals surface area contributed by atoms with Crippen molar-refractivity contribution in [3.63, 3.8) is 0 Å². The Hall–Kier alpha value is -2.30. The van der Waals surface area contributed by atoms with E-state index < -0.39 is 17.5 Å². The van der Waals surface area contributed by atoms with Crippen LogP contribution in [0.2, 0.25) is 0 Å². The highest BCUT2D eigenvalue weighted by molar-refractivity contribution is 5.79. The van der Waals surface area contributed by atoms with E-state index in [0.29, 0.717) is 16.9 Å². The van der Waals surface area contributed by atoms with Gasteiger partial charge in [0.25, 0.3) is 0 Å². The molecule has 0 radical (unpaired) electrons. The number of aromatic amines is 1. The minimum Gasteiger partial charge on any atom is -0.338 e. The number of H-pyrrole nitrogens is 1. The summed E-state index contributed by atoms with van der Waals surface area (Å²) in [6, 6.07) is 7.91. The Morgan fingerprint density at radius 3 is 2.44 bits per heavy atom. The van der Waals surface area contributed by atoms with E-state index in [9.17, 15) is 13.2 Å². The molecule has 0 aliphatic carbocycles. The maximum atomic E-state index is 13.4. The number of para-hydroxylation sites is 1. The van der Waals surface area contributed by atoms with Crippen molar-refractivity contribution < 1.29 is 13.2 Å². The van der Waals surface area contributed by atoms with Gasteiger partial charge in [-0.3, -0.25) is 0 Å². The van der Waals surface area contributed by atoms with E-state index in [2.05, 4.69) is 9.97 Å². The summed E-state index contributed by atoms with van der Waals surface area (Å²) >= 11 is 0. The predicted molar refractivity (Wildman–Crippen MR) is 61.4 cm³/mol.